The van der Waals surface area contributed by atoms with E-state index < -0.39 is 0 Å². The quantitative estimate of drug-likeness (QED) is 0.717. The Kier molecular flexibility index (Phi) is 2.68. The molecule has 0 aliphatic rings. The molecule has 0 unspecified atom stereocenters. The fourth-order valence-electron chi connectivity index (χ4n) is 1.97. The highest BCUT2D eigenvalue weighted by atomic mass is 32.1. The summed E-state index contributed by atoms with van der Waals surface area (Å²) in [6, 6.07) is 6.00. The van der Waals surface area contributed by atoms with E-state index in [-0.39, 0.29) is 0 Å². The first-order valence-electron chi connectivity index (χ1n) is 5.68. The third-order valence-electron chi connectivity index (χ3n) is 2.81. The van der Waals surface area contributed by atoms with Gasteiger partial charge in [-0.2, -0.15) is 0 Å². The number of aromatic nitrogens is 4. The Morgan fingerprint density at radius 3 is 3.06 bits per heavy atom. The predicted octanol–water partition coefficient (Wildman–Crippen LogP) is 2.85. The highest BCUT2D eigenvalue weighted by molar-refractivity contribution is 7.71. The molecule has 0 radical (unpaired) electrons. The van der Waals surface area contributed by atoms with Crippen molar-refractivity contribution in [3.05, 3.63) is 52.7 Å². The van der Waals surface area contributed by atoms with Crippen LogP contribution < -0.4 is 0 Å². The van der Waals surface area contributed by atoms with E-state index in [0.717, 1.165) is 22.3 Å². The normalized spacial score (nSPS) is 10.9. The second-order valence-electron chi connectivity index (χ2n) is 4.26. The molecular weight excluding hydrogens is 244 g/mol. The first kappa shape index (κ1) is 11.1. The molecule has 1 N–H and O–H groups in total. The van der Waals surface area contributed by atoms with Crippen LogP contribution in [-0.4, -0.2) is 19.5 Å². The Morgan fingerprint density at radius 1 is 1.39 bits per heavy atom. The standard InChI is InChI=1S/C13H12N4S/c1-9-5-11-12(15-6-9)17(13(18)16-11)8-10-3-2-4-14-7-10/h2-7H,8H2,1H3,(H,16,18). The van der Waals surface area contributed by atoms with Gasteiger partial charge < -0.3 is 4.98 Å². The molecule has 5 heteroatoms. The van der Waals surface area contributed by atoms with Crippen LogP contribution in [0, 0.1) is 11.7 Å². The molecule has 3 aromatic heterocycles. The number of hydrogen-bond donors (Lipinski definition) is 1. The SMILES string of the molecule is Cc1cnc2c(c1)[nH]c(=S)n2Cc1cccnc1. The van der Waals surface area contributed by atoms with Gasteiger partial charge in [0.1, 0.15) is 0 Å². The van der Waals surface area contributed by atoms with Gasteiger partial charge in [-0.25, -0.2) is 4.98 Å². The van der Waals surface area contributed by atoms with Crippen LogP contribution in [0.1, 0.15) is 11.1 Å². The van der Waals surface area contributed by atoms with Gasteiger partial charge in [-0.05, 0) is 42.4 Å². The zero-order valence-corrected chi connectivity index (χ0v) is 10.7. The second-order valence-corrected chi connectivity index (χ2v) is 4.65. The van der Waals surface area contributed by atoms with Crippen LogP contribution in [0.2, 0.25) is 0 Å². The van der Waals surface area contributed by atoms with Gasteiger partial charge in [0.25, 0.3) is 0 Å². The second kappa shape index (κ2) is 4.34. The van der Waals surface area contributed by atoms with Gasteiger partial charge in [0.2, 0.25) is 0 Å². The first-order valence-corrected chi connectivity index (χ1v) is 6.09. The van der Waals surface area contributed by atoms with Crippen LogP contribution in [-0.2, 0) is 6.54 Å². The van der Waals surface area contributed by atoms with E-state index in [9.17, 15) is 0 Å². The van der Waals surface area contributed by atoms with Crippen LogP contribution in [0.25, 0.3) is 11.2 Å². The lowest BCUT2D eigenvalue weighted by molar-refractivity contribution is 0.796. The third-order valence-corrected chi connectivity index (χ3v) is 3.13. The number of fused-ring (bicyclic) bond motifs is 1. The van der Waals surface area contributed by atoms with E-state index in [2.05, 4.69) is 21.0 Å². The highest BCUT2D eigenvalue weighted by Crippen LogP contribution is 2.14. The number of imidazole rings is 1. The lowest BCUT2D eigenvalue weighted by atomic mass is 10.3. The lowest BCUT2D eigenvalue weighted by Crippen LogP contribution is -2.01. The van der Waals surface area contributed by atoms with Crippen LogP contribution in [0.3, 0.4) is 0 Å². The molecule has 0 spiro atoms. The number of nitrogens with zero attached hydrogens (tertiary/aromatic N) is 3. The number of pyridine rings is 2. The van der Waals surface area contributed by atoms with Crippen molar-refractivity contribution in [1.82, 2.24) is 19.5 Å². The van der Waals surface area contributed by atoms with Crippen molar-refractivity contribution in [2.75, 3.05) is 0 Å². The molecule has 0 saturated heterocycles. The Labute approximate surface area is 109 Å². The number of aryl methyl sites for hydroxylation is 1. The molecule has 90 valence electrons. The van der Waals surface area contributed by atoms with E-state index in [1.807, 2.05) is 36.0 Å². The van der Waals surface area contributed by atoms with E-state index in [1.165, 1.54) is 0 Å². The number of rotatable bonds is 2. The summed E-state index contributed by atoms with van der Waals surface area (Å²) in [5, 5.41) is 0. The monoisotopic (exact) mass is 256 g/mol. The number of nitrogens with one attached hydrogen (secondary N) is 1. The minimum Gasteiger partial charge on any atom is -0.329 e. The van der Waals surface area contributed by atoms with Gasteiger partial charge in [0.15, 0.2) is 10.4 Å². The molecule has 0 fully saturated rings. The minimum atomic E-state index is 0.683. The summed E-state index contributed by atoms with van der Waals surface area (Å²) in [4.78, 5) is 11.7. The van der Waals surface area contributed by atoms with Gasteiger partial charge >= 0.3 is 0 Å². The first-order chi connectivity index (χ1) is 8.74. The molecule has 3 heterocycles. The fourth-order valence-corrected chi connectivity index (χ4v) is 2.23. The molecule has 0 aliphatic heterocycles. The highest BCUT2D eigenvalue weighted by Gasteiger charge is 2.06. The molecular formula is C13H12N4S. The molecule has 0 aromatic carbocycles. The molecule has 0 amide bonds. The zero-order valence-electron chi connectivity index (χ0n) is 9.92. The maximum Gasteiger partial charge on any atom is 0.179 e. The largest absolute Gasteiger partial charge is 0.329 e. The maximum absolute atomic E-state index is 5.34. The van der Waals surface area contributed by atoms with Gasteiger partial charge in [-0.3, -0.25) is 9.55 Å². The van der Waals surface area contributed by atoms with E-state index in [4.69, 9.17) is 12.2 Å². The summed E-state index contributed by atoms with van der Waals surface area (Å²) >= 11 is 5.34. The van der Waals surface area contributed by atoms with Crippen molar-refractivity contribution >= 4 is 23.4 Å². The molecule has 0 atom stereocenters. The Morgan fingerprint density at radius 2 is 2.28 bits per heavy atom. The van der Waals surface area contributed by atoms with Crippen molar-refractivity contribution in [2.24, 2.45) is 0 Å². The van der Waals surface area contributed by atoms with Gasteiger partial charge in [-0.15, -0.1) is 0 Å². The van der Waals surface area contributed by atoms with Crippen LogP contribution >= 0.6 is 12.2 Å². The molecule has 0 saturated carbocycles. The van der Waals surface area contributed by atoms with E-state index in [1.54, 1.807) is 6.20 Å². The number of aromatic amines is 1. The third kappa shape index (κ3) is 1.93. The zero-order chi connectivity index (χ0) is 12.5. The van der Waals surface area contributed by atoms with Gasteiger partial charge in [0.05, 0.1) is 12.1 Å². The van der Waals surface area contributed by atoms with E-state index >= 15 is 0 Å². The average molecular weight is 256 g/mol. The van der Waals surface area contributed by atoms with Crippen molar-refractivity contribution < 1.29 is 0 Å². The predicted molar refractivity (Wildman–Crippen MR) is 73.0 cm³/mol. The summed E-state index contributed by atoms with van der Waals surface area (Å²) in [6.07, 6.45) is 5.46. The number of H-pyrrole nitrogens is 1. The van der Waals surface area contributed by atoms with Crippen molar-refractivity contribution in [2.45, 2.75) is 13.5 Å². The average Bonchev–Trinajstić information content (AvgIpc) is 2.66. The van der Waals surface area contributed by atoms with E-state index in [0.29, 0.717) is 11.3 Å². The smallest absolute Gasteiger partial charge is 0.179 e. The van der Waals surface area contributed by atoms with Gasteiger partial charge in [0, 0.05) is 18.6 Å². The van der Waals surface area contributed by atoms with Crippen LogP contribution in [0.4, 0.5) is 0 Å². The Balaban J connectivity index is 2.12. The van der Waals surface area contributed by atoms with Gasteiger partial charge in [-0.1, -0.05) is 6.07 Å². The van der Waals surface area contributed by atoms with Crippen molar-refractivity contribution in [3.8, 4) is 0 Å². The summed E-state index contributed by atoms with van der Waals surface area (Å²) in [5.74, 6) is 0. The molecule has 3 aromatic rings. The molecule has 0 bridgehead atoms. The van der Waals surface area contributed by atoms with Crippen LogP contribution in [0.15, 0.2) is 36.8 Å². The van der Waals surface area contributed by atoms with Crippen molar-refractivity contribution in [3.63, 3.8) is 0 Å². The molecule has 4 nitrogen and oxygen atoms in total. The fraction of sp³-hybridized carbons (Fsp3) is 0.154. The molecule has 0 aliphatic carbocycles. The molecule has 3 rings (SSSR count). The molecule has 18 heavy (non-hydrogen) atoms. The van der Waals surface area contributed by atoms with Crippen LogP contribution in [0.5, 0.6) is 0 Å². The summed E-state index contributed by atoms with van der Waals surface area (Å²) < 4.78 is 2.67. The Hall–Kier alpha value is -2.01. The summed E-state index contributed by atoms with van der Waals surface area (Å²) in [6.45, 7) is 2.70. The summed E-state index contributed by atoms with van der Waals surface area (Å²) in [7, 11) is 0. The lowest BCUT2D eigenvalue weighted by Gasteiger charge is -2.03. The maximum atomic E-state index is 5.34. The topological polar surface area (TPSA) is 46.5 Å². The number of hydrogen-bond acceptors (Lipinski definition) is 3. The minimum absolute atomic E-state index is 0.683. The van der Waals surface area contributed by atoms with Crippen molar-refractivity contribution in [1.29, 1.82) is 0 Å². The Bertz CT molecular complexity index is 743. The summed E-state index contributed by atoms with van der Waals surface area (Å²) in [5.41, 5.74) is 4.09.